The largest absolute Gasteiger partial charge is 0.490 e. The first-order chi connectivity index (χ1) is 18.4. The molecule has 0 spiro atoms. The number of anilines is 1. The molecule has 0 amide bonds. The van der Waals surface area contributed by atoms with Crippen LogP contribution in [0.25, 0.3) is 32.5 Å². The molecular formula is C29H29N5O3S. The molecule has 0 atom stereocenters. The molecule has 1 fully saturated rings. The summed E-state index contributed by atoms with van der Waals surface area (Å²) in [4.78, 5) is 21.4. The Bertz CT molecular complexity index is 1630. The third-order valence-electron chi connectivity index (χ3n) is 6.30. The van der Waals surface area contributed by atoms with E-state index in [4.69, 9.17) is 14.0 Å². The third-order valence-corrected chi connectivity index (χ3v) is 7.18. The van der Waals surface area contributed by atoms with E-state index in [9.17, 15) is 0 Å². The summed E-state index contributed by atoms with van der Waals surface area (Å²) in [5.41, 5.74) is 1.01. The molecule has 38 heavy (non-hydrogen) atoms. The van der Waals surface area contributed by atoms with Crippen LogP contribution in [0.15, 0.2) is 76.0 Å². The molecule has 0 saturated carbocycles. The summed E-state index contributed by atoms with van der Waals surface area (Å²) in [5.74, 6) is 2.18. The molecule has 194 valence electrons. The standard InChI is InChI=1S/C29H29N5O3S/c1-29(2,3)37-33-23-16-26(24-17-27-19(18-32-24)9-14-38-27)36-25-6-5-21(15-22(23)25)35-20-7-12-34(13-8-20)28-30-10-4-11-31-28/h4-6,9-11,14-18,20H,7-8,12-13H2,1-3H3. The molecule has 4 aromatic heterocycles. The Morgan fingerprint density at radius 1 is 1.03 bits per heavy atom. The summed E-state index contributed by atoms with van der Waals surface area (Å²) in [6.45, 7) is 7.62. The lowest BCUT2D eigenvalue weighted by Gasteiger charge is -2.32. The van der Waals surface area contributed by atoms with Crippen LogP contribution < -0.4 is 15.0 Å². The first-order valence-electron chi connectivity index (χ1n) is 12.7. The van der Waals surface area contributed by atoms with Gasteiger partial charge in [-0.05, 0) is 62.5 Å². The van der Waals surface area contributed by atoms with Gasteiger partial charge in [-0.3, -0.25) is 4.98 Å². The van der Waals surface area contributed by atoms with Crippen LogP contribution in [0.3, 0.4) is 0 Å². The maximum absolute atomic E-state index is 6.40. The lowest BCUT2D eigenvalue weighted by molar-refractivity contribution is -0.00585. The van der Waals surface area contributed by atoms with Crippen LogP contribution in [-0.2, 0) is 4.84 Å². The number of nitrogens with zero attached hydrogens (tertiary/aromatic N) is 5. The fraction of sp³-hybridized carbons (Fsp3) is 0.310. The Morgan fingerprint density at radius 3 is 2.63 bits per heavy atom. The zero-order valence-electron chi connectivity index (χ0n) is 21.6. The minimum absolute atomic E-state index is 0.108. The molecule has 0 aliphatic carbocycles. The van der Waals surface area contributed by atoms with Crippen molar-refractivity contribution in [2.24, 2.45) is 5.16 Å². The molecule has 1 aliphatic rings. The molecule has 1 saturated heterocycles. The molecule has 1 aromatic carbocycles. The first kappa shape index (κ1) is 24.4. The molecule has 5 heterocycles. The second-order valence-electron chi connectivity index (χ2n) is 10.3. The van der Waals surface area contributed by atoms with Crippen molar-refractivity contribution in [3.8, 4) is 17.2 Å². The number of hydrogen-bond acceptors (Lipinski definition) is 9. The predicted octanol–water partition coefficient (Wildman–Crippen LogP) is 6.18. The summed E-state index contributed by atoms with van der Waals surface area (Å²) in [6, 6.07) is 13.7. The van der Waals surface area contributed by atoms with Crippen molar-refractivity contribution in [2.75, 3.05) is 18.0 Å². The van der Waals surface area contributed by atoms with E-state index in [1.807, 2.05) is 63.4 Å². The van der Waals surface area contributed by atoms with Crippen LogP contribution in [-0.4, -0.2) is 39.7 Å². The van der Waals surface area contributed by atoms with Crippen LogP contribution in [0.4, 0.5) is 5.95 Å². The number of thiophene rings is 1. The molecule has 0 unspecified atom stereocenters. The maximum atomic E-state index is 6.40. The molecule has 6 rings (SSSR count). The average molecular weight is 528 g/mol. The number of piperidine rings is 1. The van der Waals surface area contributed by atoms with Gasteiger partial charge in [0.05, 0.1) is 5.39 Å². The Balaban J connectivity index is 1.29. The van der Waals surface area contributed by atoms with Crippen molar-refractivity contribution in [3.63, 3.8) is 0 Å². The van der Waals surface area contributed by atoms with E-state index in [2.05, 4.69) is 36.5 Å². The summed E-state index contributed by atoms with van der Waals surface area (Å²) in [5, 5.41) is 9.19. The minimum Gasteiger partial charge on any atom is -0.490 e. The lowest BCUT2D eigenvalue weighted by Crippen LogP contribution is -2.39. The van der Waals surface area contributed by atoms with Crippen molar-refractivity contribution in [2.45, 2.75) is 45.3 Å². The SMILES string of the molecule is CC(C)(C)ON=c1cc(-c2cc3sccc3cn2)oc2ccc(OC3CCN(c4ncccn4)CC3)cc12. The van der Waals surface area contributed by atoms with Crippen molar-refractivity contribution in [1.82, 2.24) is 15.0 Å². The highest BCUT2D eigenvalue weighted by molar-refractivity contribution is 7.17. The van der Waals surface area contributed by atoms with Crippen LogP contribution >= 0.6 is 11.3 Å². The Morgan fingerprint density at radius 2 is 1.84 bits per heavy atom. The van der Waals surface area contributed by atoms with Crippen LogP contribution in [0.1, 0.15) is 33.6 Å². The van der Waals surface area contributed by atoms with Gasteiger partial charge < -0.3 is 18.9 Å². The topological polar surface area (TPSA) is 85.9 Å². The van der Waals surface area contributed by atoms with Crippen molar-refractivity contribution in [3.05, 3.63) is 71.8 Å². The van der Waals surface area contributed by atoms with Gasteiger partial charge in [0.15, 0.2) is 5.76 Å². The van der Waals surface area contributed by atoms with Gasteiger partial charge in [-0.15, -0.1) is 11.3 Å². The number of pyridine rings is 1. The van der Waals surface area contributed by atoms with Crippen molar-refractivity contribution < 1.29 is 14.0 Å². The smallest absolute Gasteiger partial charge is 0.225 e. The van der Waals surface area contributed by atoms with Gasteiger partial charge in [0.2, 0.25) is 5.95 Å². The average Bonchev–Trinajstić information content (AvgIpc) is 3.40. The molecule has 0 N–H and O–H groups in total. The molecule has 1 aliphatic heterocycles. The van der Waals surface area contributed by atoms with Gasteiger partial charge in [-0.25, -0.2) is 9.97 Å². The quantitative estimate of drug-likeness (QED) is 0.252. The number of hydrogen-bond donors (Lipinski definition) is 0. The van der Waals surface area contributed by atoms with Gasteiger partial charge in [-0.2, -0.15) is 0 Å². The fourth-order valence-electron chi connectivity index (χ4n) is 4.42. The van der Waals surface area contributed by atoms with E-state index in [1.165, 1.54) is 0 Å². The third kappa shape index (κ3) is 5.33. The van der Waals surface area contributed by atoms with Gasteiger partial charge in [-0.1, -0.05) is 5.16 Å². The number of benzene rings is 1. The van der Waals surface area contributed by atoms with Gasteiger partial charge >= 0.3 is 0 Å². The van der Waals surface area contributed by atoms with Gasteiger partial charge in [0, 0.05) is 60.7 Å². The second-order valence-corrected chi connectivity index (χ2v) is 11.3. The first-order valence-corrected chi connectivity index (χ1v) is 13.6. The zero-order chi connectivity index (χ0) is 26.1. The summed E-state index contributed by atoms with van der Waals surface area (Å²) in [7, 11) is 0. The predicted molar refractivity (Wildman–Crippen MR) is 149 cm³/mol. The molecular weight excluding hydrogens is 498 g/mol. The molecule has 8 nitrogen and oxygen atoms in total. The maximum Gasteiger partial charge on any atom is 0.225 e. The van der Waals surface area contributed by atoms with E-state index in [1.54, 1.807) is 23.7 Å². The zero-order valence-corrected chi connectivity index (χ0v) is 22.4. The Labute approximate surface area is 224 Å². The number of rotatable bonds is 5. The van der Waals surface area contributed by atoms with Crippen LogP contribution in [0.2, 0.25) is 0 Å². The molecule has 9 heteroatoms. The highest BCUT2D eigenvalue weighted by atomic mass is 32.1. The molecule has 5 aromatic rings. The van der Waals surface area contributed by atoms with Crippen molar-refractivity contribution in [1.29, 1.82) is 0 Å². The normalized spacial score (nSPS) is 15.3. The molecule has 0 radical (unpaired) electrons. The fourth-order valence-corrected chi connectivity index (χ4v) is 5.22. The summed E-state index contributed by atoms with van der Waals surface area (Å²) < 4.78 is 13.9. The van der Waals surface area contributed by atoms with Gasteiger partial charge in [0.25, 0.3) is 0 Å². The Kier molecular flexibility index (Phi) is 6.45. The Hall–Kier alpha value is -3.98. The van der Waals surface area contributed by atoms with E-state index < -0.39 is 5.60 Å². The van der Waals surface area contributed by atoms with Gasteiger partial charge in [0.1, 0.15) is 34.1 Å². The van der Waals surface area contributed by atoms with E-state index in [0.29, 0.717) is 16.7 Å². The van der Waals surface area contributed by atoms with E-state index >= 15 is 0 Å². The number of aromatic nitrogens is 3. The number of fused-ring (bicyclic) bond motifs is 2. The lowest BCUT2D eigenvalue weighted by atomic mass is 10.1. The van der Waals surface area contributed by atoms with Crippen molar-refractivity contribution >= 4 is 38.3 Å². The van der Waals surface area contributed by atoms with Crippen LogP contribution in [0, 0.1) is 0 Å². The number of ether oxygens (including phenoxy) is 1. The molecule has 0 bridgehead atoms. The summed E-state index contributed by atoms with van der Waals surface area (Å²) in [6.07, 6.45) is 7.31. The monoisotopic (exact) mass is 527 g/mol. The second kappa shape index (κ2) is 10.1. The highest BCUT2D eigenvalue weighted by Crippen LogP contribution is 2.29. The summed E-state index contributed by atoms with van der Waals surface area (Å²) >= 11 is 1.68. The minimum atomic E-state index is -0.432. The van der Waals surface area contributed by atoms with E-state index in [-0.39, 0.29) is 6.10 Å². The van der Waals surface area contributed by atoms with E-state index in [0.717, 1.165) is 58.8 Å². The highest BCUT2D eigenvalue weighted by Gasteiger charge is 2.22. The van der Waals surface area contributed by atoms with Crippen LogP contribution in [0.5, 0.6) is 5.75 Å².